The van der Waals surface area contributed by atoms with Crippen molar-refractivity contribution in [3.8, 4) is 0 Å². The van der Waals surface area contributed by atoms with Crippen molar-refractivity contribution in [1.29, 1.82) is 0 Å². The van der Waals surface area contributed by atoms with E-state index in [1.807, 2.05) is 67.5 Å². The quantitative estimate of drug-likeness (QED) is 0.757. The molecular weight excluding hydrogens is 304 g/mol. The number of anilines is 1. The summed E-state index contributed by atoms with van der Waals surface area (Å²) < 4.78 is 5.51. The van der Waals surface area contributed by atoms with E-state index in [0.29, 0.717) is 5.58 Å². The Bertz CT molecular complexity index is 804. The standard InChI is InChI=1S/C19H20N2O3/c1-21(2)15-9-7-13(8-10-15)16(22)12-20-19(23)18-11-14-5-3-4-6-17(14)24-18/h3-11,16,22H,12H2,1-2H3,(H,20,23)/t16-/m0/s1. The van der Waals surface area contributed by atoms with Crippen molar-refractivity contribution >= 4 is 22.6 Å². The molecule has 1 aromatic heterocycles. The van der Waals surface area contributed by atoms with Crippen LogP contribution in [0, 0.1) is 0 Å². The lowest BCUT2D eigenvalue weighted by Gasteiger charge is -2.15. The Hall–Kier alpha value is -2.79. The zero-order chi connectivity index (χ0) is 17.1. The van der Waals surface area contributed by atoms with Gasteiger partial charge >= 0.3 is 0 Å². The lowest BCUT2D eigenvalue weighted by Crippen LogP contribution is -2.28. The molecule has 0 aliphatic rings. The number of carbonyl (C=O) groups is 1. The summed E-state index contributed by atoms with van der Waals surface area (Å²) in [5, 5.41) is 13.8. The van der Waals surface area contributed by atoms with Gasteiger partial charge in [-0.1, -0.05) is 30.3 Å². The summed E-state index contributed by atoms with van der Waals surface area (Å²) in [7, 11) is 3.91. The molecule has 0 saturated heterocycles. The number of fused-ring (bicyclic) bond motifs is 1. The first-order chi connectivity index (χ1) is 11.5. The molecule has 0 unspecified atom stereocenters. The highest BCUT2D eigenvalue weighted by molar-refractivity contribution is 5.96. The molecule has 0 radical (unpaired) electrons. The van der Waals surface area contributed by atoms with Crippen LogP contribution in [-0.4, -0.2) is 31.7 Å². The van der Waals surface area contributed by atoms with Crippen LogP contribution in [0.2, 0.25) is 0 Å². The topological polar surface area (TPSA) is 65.7 Å². The number of aliphatic hydroxyl groups is 1. The van der Waals surface area contributed by atoms with Gasteiger partial charge in [0.25, 0.3) is 5.91 Å². The number of aliphatic hydroxyl groups excluding tert-OH is 1. The van der Waals surface area contributed by atoms with Crippen LogP contribution in [0.5, 0.6) is 0 Å². The minimum absolute atomic E-state index is 0.122. The van der Waals surface area contributed by atoms with Gasteiger partial charge in [0.05, 0.1) is 6.10 Å². The van der Waals surface area contributed by atoms with E-state index in [0.717, 1.165) is 16.6 Å². The van der Waals surface area contributed by atoms with Crippen LogP contribution in [0.3, 0.4) is 0 Å². The van der Waals surface area contributed by atoms with Crippen molar-refractivity contribution in [3.05, 3.63) is 65.9 Å². The Morgan fingerprint density at radius 3 is 2.54 bits per heavy atom. The summed E-state index contributed by atoms with van der Waals surface area (Å²) in [4.78, 5) is 14.2. The maximum absolute atomic E-state index is 12.2. The summed E-state index contributed by atoms with van der Waals surface area (Å²) >= 11 is 0. The summed E-state index contributed by atoms with van der Waals surface area (Å²) in [5.41, 5.74) is 2.48. The Balaban J connectivity index is 1.62. The maximum Gasteiger partial charge on any atom is 0.287 e. The summed E-state index contributed by atoms with van der Waals surface area (Å²) in [6, 6.07) is 16.7. The summed E-state index contributed by atoms with van der Waals surface area (Å²) in [6.45, 7) is 0.122. The van der Waals surface area contributed by atoms with Gasteiger partial charge < -0.3 is 19.7 Å². The maximum atomic E-state index is 12.2. The average Bonchev–Trinajstić information content (AvgIpc) is 3.03. The van der Waals surface area contributed by atoms with Gasteiger partial charge in [-0.15, -0.1) is 0 Å². The highest BCUT2D eigenvalue weighted by atomic mass is 16.3. The zero-order valence-electron chi connectivity index (χ0n) is 13.7. The second-order valence-electron chi connectivity index (χ2n) is 5.86. The summed E-state index contributed by atoms with van der Waals surface area (Å²) in [6.07, 6.45) is -0.769. The molecule has 0 aliphatic heterocycles. The van der Waals surface area contributed by atoms with Crippen LogP contribution in [0.25, 0.3) is 11.0 Å². The molecule has 24 heavy (non-hydrogen) atoms. The third-order valence-corrected chi connectivity index (χ3v) is 3.90. The van der Waals surface area contributed by atoms with Gasteiger partial charge in [-0.05, 0) is 29.8 Å². The molecule has 5 nitrogen and oxygen atoms in total. The van der Waals surface area contributed by atoms with Gasteiger partial charge in [0, 0.05) is 31.7 Å². The second kappa shape index (κ2) is 6.76. The Kier molecular flexibility index (Phi) is 4.53. The fourth-order valence-electron chi connectivity index (χ4n) is 2.48. The fourth-order valence-corrected chi connectivity index (χ4v) is 2.48. The van der Waals surface area contributed by atoms with Crippen molar-refractivity contribution in [2.24, 2.45) is 0 Å². The number of nitrogens with one attached hydrogen (secondary N) is 1. The van der Waals surface area contributed by atoms with Crippen LogP contribution in [0.1, 0.15) is 22.2 Å². The van der Waals surface area contributed by atoms with Gasteiger partial charge in [0.15, 0.2) is 5.76 Å². The minimum atomic E-state index is -0.769. The predicted octanol–water partition coefficient (Wildman–Crippen LogP) is 2.96. The highest BCUT2D eigenvalue weighted by Gasteiger charge is 2.14. The van der Waals surface area contributed by atoms with Crippen LogP contribution < -0.4 is 10.2 Å². The van der Waals surface area contributed by atoms with E-state index in [4.69, 9.17) is 4.42 Å². The van der Waals surface area contributed by atoms with Crippen molar-refractivity contribution in [3.63, 3.8) is 0 Å². The smallest absolute Gasteiger partial charge is 0.287 e. The normalized spacial score (nSPS) is 12.1. The van der Waals surface area contributed by atoms with E-state index in [-0.39, 0.29) is 18.2 Å². The molecule has 2 aromatic carbocycles. The number of carbonyl (C=O) groups excluding carboxylic acids is 1. The molecule has 2 N–H and O–H groups in total. The largest absolute Gasteiger partial charge is 0.451 e. The van der Waals surface area contributed by atoms with E-state index in [1.165, 1.54) is 0 Å². The van der Waals surface area contributed by atoms with Crippen molar-refractivity contribution in [1.82, 2.24) is 5.32 Å². The van der Waals surface area contributed by atoms with E-state index in [1.54, 1.807) is 6.07 Å². The van der Waals surface area contributed by atoms with Gasteiger partial charge in [0.1, 0.15) is 5.58 Å². The number of amides is 1. The van der Waals surface area contributed by atoms with Crippen molar-refractivity contribution in [2.45, 2.75) is 6.10 Å². The summed E-state index contributed by atoms with van der Waals surface area (Å²) in [5.74, 6) is -0.0958. The number of hydrogen-bond donors (Lipinski definition) is 2. The third-order valence-electron chi connectivity index (χ3n) is 3.90. The molecule has 5 heteroatoms. The molecule has 0 bridgehead atoms. The van der Waals surface area contributed by atoms with E-state index in [2.05, 4.69) is 5.32 Å². The number of nitrogens with zero attached hydrogens (tertiary/aromatic N) is 1. The van der Waals surface area contributed by atoms with E-state index in [9.17, 15) is 9.90 Å². The fraction of sp³-hybridized carbons (Fsp3) is 0.211. The lowest BCUT2D eigenvalue weighted by molar-refractivity contribution is 0.0891. The molecule has 1 atom stereocenters. The number of para-hydroxylation sites is 1. The number of rotatable bonds is 5. The van der Waals surface area contributed by atoms with Crippen LogP contribution in [0.4, 0.5) is 5.69 Å². The van der Waals surface area contributed by atoms with Gasteiger partial charge in [-0.2, -0.15) is 0 Å². The van der Waals surface area contributed by atoms with Crippen LogP contribution >= 0.6 is 0 Å². The number of hydrogen-bond acceptors (Lipinski definition) is 4. The molecule has 0 spiro atoms. The first-order valence-electron chi connectivity index (χ1n) is 7.77. The molecule has 124 valence electrons. The van der Waals surface area contributed by atoms with Gasteiger partial charge in [-0.25, -0.2) is 0 Å². The first kappa shape index (κ1) is 16.1. The first-order valence-corrected chi connectivity index (χ1v) is 7.77. The molecule has 1 heterocycles. The van der Waals surface area contributed by atoms with Crippen molar-refractivity contribution in [2.75, 3.05) is 25.5 Å². The molecular formula is C19H20N2O3. The van der Waals surface area contributed by atoms with E-state index >= 15 is 0 Å². The predicted molar refractivity (Wildman–Crippen MR) is 94.3 cm³/mol. The molecule has 3 aromatic rings. The van der Waals surface area contributed by atoms with Gasteiger partial charge in [-0.3, -0.25) is 4.79 Å². The van der Waals surface area contributed by atoms with Crippen molar-refractivity contribution < 1.29 is 14.3 Å². The molecule has 3 rings (SSSR count). The molecule has 0 aliphatic carbocycles. The molecule has 0 fully saturated rings. The monoisotopic (exact) mass is 324 g/mol. The SMILES string of the molecule is CN(C)c1ccc([C@@H](O)CNC(=O)c2cc3ccccc3o2)cc1. The Labute approximate surface area is 140 Å². The minimum Gasteiger partial charge on any atom is -0.451 e. The van der Waals surface area contributed by atoms with Crippen LogP contribution in [-0.2, 0) is 0 Å². The zero-order valence-corrected chi connectivity index (χ0v) is 13.7. The van der Waals surface area contributed by atoms with Crippen LogP contribution in [0.15, 0.2) is 59.0 Å². The Morgan fingerprint density at radius 1 is 1.17 bits per heavy atom. The Morgan fingerprint density at radius 2 is 1.88 bits per heavy atom. The molecule has 0 saturated carbocycles. The average molecular weight is 324 g/mol. The lowest BCUT2D eigenvalue weighted by atomic mass is 10.1. The number of benzene rings is 2. The van der Waals surface area contributed by atoms with Gasteiger partial charge in [0.2, 0.25) is 0 Å². The third kappa shape index (κ3) is 3.41. The second-order valence-corrected chi connectivity index (χ2v) is 5.86. The number of furan rings is 1. The van der Waals surface area contributed by atoms with E-state index < -0.39 is 6.10 Å². The highest BCUT2D eigenvalue weighted by Crippen LogP contribution is 2.20. The molecule has 1 amide bonds.